The van der Waals surface area contributed by atoms with Crippen LogP contribution in [0.2, 0.25) is 0 Å². The third-order valence-corrected chi connectivity index (χ3v) is 4.34. The molecule has 1 heterocycles. The molecule has 108 valence electrons. The highest BCUT2D eigenvalue weighted by atomic mass is 32.2. The van der Waals surface area contributed by atoms with E-state index in [1.54, 1.807) is 11.8 Å². The summed E-state index contributed by atoms with van der Waals surface area (Å²) in [5.41, 5.74) is 5.03. The summed E-state index contributed by atoms with van der Waals surface area (Å²) < 4.78 is 0. The lowest BCUT2D eigenvalue weighted by Crippen LogP contribution is -2.12. The van der Waals surface area contributed by atoms with Crippen LogP contribution in [-0.4, -0.2) is 19.5 Å². The van der Waals surface area contributed by atoms with Gasteiger partial charge in [-0.2, -0.15) is 0 Å². The van der Waals surface area contributed by atoms with Crippen LogP contribution in [-0.2, 0) is 9.78 Å². The van der Waals surface area contributed by atoms with E-state index in [0.717, 1.165) is 6.42 Å². The molecule has 0 aromatic heterocycles. The van der Waals surface area contributed by atoms with Crippen LogP contribution in [0, 0.1) is 0 Å². The second kappa shape index (κ2) is 6.94. The summed E-state index contributed by atoms with van der Waals surface area (Å²) in [4.78, 5) is 11.5. The molecule has 0 unspecified atom stereocenters. The van der Waals surface area contributed by atoms with Crippen LogP contribution in [0.1, 0.15) is 17.5 Å². The van der Waals surface area contributed by atoms with Gasteiger partial charge in [-0.25, -0.2) is 9.78 Å². The van der Waals surface area contributed by atoms with E-state index in [1.807, 2.05) is 6.07 Å². The van der Waals surface area contributed by atoms with Gasteiger partial charge in [-0.3, -0.25) is 0 Å². The Hall–Kier alpha value is -1.55. The van der Waals surface area contributed by atoms with Gasteiger partial charge in [-0.15, -0.1) is 11.8 Å². The molecule has 0 N–H and O–H groups in total. The minimum absolute atomic E-state index is 0.536. The summed E-state index contributed by atoms with van der Waals surface area (Å²) in [5, 5.41) is 0. The van der Waals surface area contributed by atoms with Gasteiger partial charge in [0, 0.05) is 4.90 Å². The Bertz CT molecular complexity index is 609. The molecule has 0 spiro atoms. The van der Waals surface area contributed by atoms with Crippen molar-refractivity contribution in [1.82, 2.24) is 0 Å². The first-order valence-electron chi connectivity index (χ1n) is 7.05. The van der Waals surface area contributed by atoms with Crippen molar-refractivity contribution >= 4 is 17.3 Å². The second-order valence-electron chi connectivity index (χ2n) is 4.91. The summed E-state index contributed by atoms with van der Waals surface area (Å²) in [7, 11) is 0. The van der Waals surface area contributed by atoms with E-state index in [9.17, 15) is 0 Å². The van der Waals surface area contributed by atoms with Crippen LogP contribution in [0.3, 0.4) is 0 Å². The predicted molar refractivity (Wildman–Crippen MR) is 87.2 cm³/mol. The number of hydrogen-bond donors (Lipinski definition) is 0. The van der Waals surface area contributed by atoms with Crippen molar-refractivity contribution in [2.24, 2.45) is 0 Å². The average molecular weight is 298 g/mol. The number of rotatable bonds is 3. The highest BCUT2D eigenvalue weighted by molar-refractivity contribution is 7.98. The Morgan fingerprint density at radius 3 is 2.24 bits per heavy atom. The Balaban J connectivity index is 2.07. The average Bonchev–Trinajstić information content (AvgIpc) is 2.58. The molecule has 0 amide bonds. The van der Waals surface area contributed by atoms with Crippen molar-refractivity contribution in [3.05, 3.63) is 71.3 Å². The zero-order valence-electron chi connectivity index (χ0n) is 12.0. The normalized spacial score (nSPS) is 17.6. The maximum Gasteiger partial charge on any atom is 0.104 e. The Labute approximate surface area is 129 Å². The van der Waals surface area contributed by atoms with Crippen LogP contribution in [0.15, 0.2) is 65.1 Å². The van der Waals surface area contributed by atoms with Crippen molar-refractivity contribution in [3.8, 4) is 0 Å². The molecule has 0 radical (unpaired) electrons. The molecule has 1 aliphatic heterocycles. The minimum Gasteiger partial charge on any atom is -0.236 e. The molecule has 0 atom stereocenters. The minimum atomic E-state index is 0.536. The smallest absolute Gasteiger partial charge is 0.104 e. The summed E-state index contributed by atoms with van der Waals surface area (Å²) in [6, 6.07) is 19.2. The van der Waals surface area contributed by atoms with Crippen molar-refractivity contribution in [1.29, 1.82) is 0 Å². The van der Waals surface area contributed by atoms with Gasteiger partial charge >= 0.3 is 0 Å². The van der Waals surface area contributed by atoms with E-state index in [0.29, 0.717) is 13.2 Å². The first kappa shape index (κ1) is 14.4. The molecule has 2 nitrogen and oxygen atoms in total. The lowest BCUT2D eigenvalue weighted by Gasteiger charge is -2.20. The van der Waals surface area contributed by atoms with E-state index >= 15 is 0 Å². The van der Waals surface area contributed by atoms with Crippen LogP contribution in [0.25, 0.3) is 5.57 Å². The van der Waals surface area contributed by atoms with Gasteiger partial charge in [0.1, 0.15) is 6.61 Å². The van der Waals surface area contributed by atoms with Crippen LogP contribution < -0.4 is 0 Å². The third-order valence-electron chi connectivity index (χ3n) is 3.60. The molecule has 1 fully saturated rings. The van der Waals surface area contributed by atoms with Crippen LogP contribution in [0.4, 0.5) is 0 Å². The molecule has 1 saturated heterocycles. The fourth-order valence-corrected chi connectivity index (χ4v) is 2.95. The second-order valence-corrected chi connectivity index (χ2v) is 5.79. The summed E-state index contributed by atoms with van der Waals surface area (Å²) >= 11 is 1.76. The molecule has 2 aromatic carbocycles. The Morgan fingerprint density at radius 2 is 1.62 bits per heavy atom. The number of hydrogen-bond acceptors (Lipinski definition) is 3. The van der Waals surface area contributed by atoms with E-state index in [1.165, 1.54) is 27.2 Å². The van der Waals surface area contributed by atoms with Gasteiger partial charge in [0.2, 0.25) is 0 Å². The molecule has 2 aromatic rings. The van der Waals surface area contributed by atoms with E-state index < -0.39 is 0 Å². The number of thioether (sulfide) groups is 1. The number of benzene rings is 2. The standard InChI is InChI=1S/C18H18O2S/c1-21-17-9-7-15(8-10-17)18(14-5-3-2-4-6-14)16-11-12-19-20-13-16/h2-10H,11-13H2,1H3/b18-16+. The zero-order chi connectivity index (χ0) is 14.5. The van der Waals surface area contributed by atoms with E-state index in [-0.39, 0.29) is 0 Å². The fourth-order valence-electron chi connectivity index (χ4n) is 2.54. The van der Waals surface area contributed by atoms with Crippen molar-refractivity contribution in [3.63, 3.8) is 0 Å². The molecule has 3 heteroatoms. The van der Waals surface area contributed by atoms with E-state index in [4.69, 9.17) is 9.78 Å². The van der Waals surface area contributed by atoms with Gasteiger partial charge in [0.05, 0.1) is 6.61 Å². The van der Waals surface area contributed by atoms with Gasteiger partial charge in [0.25, 0.3) is 0 Å². The fraction of sp³-hybridized carbons (Fsp3) is 0.222. The first-order valence-corrected chi connectivity index (χ1v) is 8.27. The maximum absolute atomic E-state index is 5.19. The Morgan fingerprint density at radius 1 is 0.905 bits per heavy atom. The lowest BCUT2D eigenvalue weighted by atomic mass is 9.92. The zero-order valence-corrected chi connectivity index (χ0v) is 12.9. The molecule has 0 aliphatic carbocycles. The largest absolute Gasteiger partial charge is 0.236 e. The molecular formula is C18H18O2S. The highest BCUT2D eigenvalue weighted by Gasteiger charge is 2.15. The third kappa shape index (κ3) is 3.38. The van der Waals surface area contributed by atoms with Crippen molar-refractivity contribution < 1.29 is 9.78 Å². The van der Waals surface area contributed by atoms with Gasteiger partial charge in [0.15, 0.2) is 0 Å². The van der Waals surface area contributed by atoms with Crippen molar-refractivity contribution in [2.75, 3.05) is 19.5 Å². The summed E-state index contributed by atoms with van der Waals surface area (Å²) in [5.74, 6) is 0. The molecule has 0 saturated carbocycles. The SMILES string of the molecule is CSc1ccc(/C(=C2\CCOOC2)c2ccccc2)cc1. The Kier molecular flexibility index (Phi) is 4.76. The molecular weight excluding hydrogens is 280 g/mol. The topological polar surface area (TPSA) is 18.5 Å². The molecule has 1 aliphatic rings. The van der Waals surface area contributed by atoms with Crippen LogP contribution >= 0.6 is 11.8 Å². The van der Waals surface area contributed by atoms with Gasteiger partial charge in [-0.05, 0) is 47.1 Å². The van der Waals surface area contributed by atoms with Gasteiger partial charge in [-0.1, -0.05) is 42.5 Å². The highest BCUT2D eigenvalue weighted by Crippen LogP contribution is 2.31. The summed E-state index contributed by atoms with van der Waals surface area (Å²) in [6.45, 7) is 1.16. The molecule has 21 heavy (non-hydrogen) atoms. The quantitative estimate of drug-likeness (QED) is 0.611. The molecule has 3 rings (SSSR count). The lowest BCUT2D eigenvalue weighted by molar-refractivity contribution is -0.299. The molecule has 0 bridgehead atoms. The monoisotopic (exact) mass is 298 g/mol. The van der Waals surface area contributed by atoms with Crippen LogP contribution in [0.5, 0.6) is 0 Å². The van der Waals surface area contributed by atoms with E-state index in [2.05, 4.69) is 54.8 Å². The first-order chi connectivity index (χ1) is 10.4. The predicted octanol–water partition coefficient (Wildman–Crippen LogP) is 4.56. The van der Waals surface area contributed by atoms with Gasteiger partial charge < -0.3 is 0 Å². The summed E-state index contributed by atoms with van der Waals surface area (Å²) in [6.07, 6.45) is 3.01. The van der Waals surface area contributed by atoms with Crippen molar-refractivity contribution in [2.45, 2.75) is 11.3 Å². The maximum atomic E-state index is 5.19.